The third kappa shape index (κ3) is 3.50. The van der Waals surface area contributed by atoms with E-state index in [-0.39, 0.29) is 5.41 Å². The first-order chi connectivity index (χ1) is 9.77. The zero-order valence-corrected chi connectivity index (χ0v) is 15.0. The molecule has 1 N–H and O–H groups in total. The third-order valence-corrected chi connectivity index (χ3v) is 6.04. The number of rotatable bonds is 5. The Balaban J connectivity index is 1.71. The summed E-state index contributed by atoms with van der Waals surface area (Å²) < 4.78 is 0. The van der Waals surface area contributed by atoms with Crippen LogP contribution in [0.15, 0.2) is 5.38 Å². The van der Waals surface area contributed by atoms with Crippen LogP contribution in [0.2, 0.25) is 0 Å². The fourth-order valence-corrected chi connectivity index (χ4v) is 5.03. The Morgan fingerprint density at radius 2 is 2.00 bits per heavy atom. The fraction of sp³-hybridized carbons (Fsp3) is 0.833. The number of fused-ring (bicyclic) bond motifs is 1. The summed E-state index contributed by atoms with van der Waals surface area (Å²) >= 11 is 1.87. The highest BCUT2D eigenvalue weighted by Gasteiger charge is 2.53. The second-order valence-corrected chi connectivity index (χ2v) is 9.70. The van der Waals surface area contributed by atoms with E-state index < -0.39 is 0 Å². The topological polar surface area (TPSA) is 24.9 Å². The Kier molecular flexibility index (Phi) is 3.94. The molecule has 0 radical (unpaired) electrons. The molecule has 0 bridgehead atoms. The fourth-order valence-electron chi connectivity index (χ4n) is 3.84. The second kappa shape index (κ2) is 5.34. The molecule has 3 heteroatoms. The van der Waals surface area contributed by atoms with E-state index in [0.717, 1.165) is 11.8 Å². The van der Waals surface area contributed by atoms with Crippen LogP contribution in [0.3, 0.4) is 0 Å². The summed E-state index contributed by atoms with van der Waals surface area (Å²) in [5, 5.41) is 7.33. The number of hydrogen-bond donors (Lipinski definition) is 1. The van der Waals surface area contributed by atoms with Crippen molar-refractivity contribution in [2.24, 2.45) is 17.3 Å². The largest absolute Gasteiger partial charge is 0.314 e. The molecule has 0 amide bonds. The summed E-state index contributed by atoms with van der Waals surface area (Å²) in [6.07, 6.45) is 5.51. The van der Waals surface area contributed by atoms with Crippen molar-refractivity contribution in [3.8, 4) is 0 Å². The molecule has 118 valence electrons. The standard InChI is InChI=1S/C18H30N2S/c1-12(2)19-11-18(7-13-6-14(13)8-18)9-16-20-15(10-21-16)17(3,4)5/h10,12-14,19H,6-9,11H2,1-5H3. The van der Waals surface area contributed by atoms with Gasteiger partial charge in [0, 0.05) is 29.8 Å². The quantitative estimate of drug-likeness (QED) is 0.872. The van der Waals surface area contributed by atoms with Gasteiger partial charge in [-0.15, -0.1) is 11.3 Å². The lowest BCUT2D eigenvalue weighted by atomic mass is 9.79. The lowest BCUT2D eigenvalue weighted by Gasteiger charge is -2.31. The first kappa shape index (κ1) is 15.5. The lowest BCUT2D eigenvalue weighted by molar-refractivity contribution is 0.241. The van der Waals surface area contributed by atoms with Gasteiger partial charge in [0.1, 0.15) is 0 Å². The van der Waals surface area contributed by atoms with Crippen LogP contribution in [0, 0.1) is 17.3 Å². The maximum Gasteiger partial charge on any atom is 0.0934 e. The van der Waals surface area contributed by atoms with Gasteiger partial charge in [0.05, 0.1) is 10.7 Å². The van der Waals surface area contributed by atoms with Crippen molar-refractivity contribution < 1.29 is 0 Å². The summed E-state index contributed by atoms with van der Waals surface area (Å²) in [4.78, 5) is 4.95. The van der Waals surface area contributed by atoms with E-state index >= 15 is 0 Å². The van der Waals surface area contributed by atoms with Crippen molar-refractivity contribution in [2.75, 3.05) is 6.54 Å². The first-order valence-electron chi connectivity index (χ1n) is 8.46. The van der Waals surface area contributed by atoms with Gasteiger partial charge in [-0.1, -0.05) is 34.6 Å². The van der Waals surface area contributed by atoms with E-state index in [2.05, 4.69) is 45.3 Å². The molecular weight excluding hydrogens is 276 g/mol. The molecular formula is C18H30N2S. The SMILES string of the molecule is CC(C)NCC1(Cc2nc(C(C)(C)C)cs2)CC2CC2C1. The van der Waals surface area contributed by atoms with Crippen LogP contribution < -0.4 is 5.32 Å². The molecule has 1 aromatic rings. The maximum absolute atomic E-state index is 4.95. The van der Waals surface area contributed by atoms with Gasteiger partial charge in [-0.2, -0.15) is 0 Å². The van der Waals surface area contributed by atoms with Crippen molar-refractivity contribution >= 4 is 11.3 Å². The van der Waals surface area contributed by atoms with E-state index in [4.69, 9.17) is 4.98 Å². The van der Waals surface area contributed by atoms with E-state index in [9.17, 15) is 0 Å². The Morgan fingerprint density at radius 1 is 1.33 bits per heavy atom. The highest BCUT2D eigenvalue weighted by Crippen LogP contribution is 2.60. The number of hydrogen-bond acceptors (Lipinski definition) is 3. The minimum Gasteiger partial charge on any atom is -0.314 e. The molecule has 1 aromatic heterocycles. The maximum atomic E-state index is 4.95. The second-order valence-electron chi connectivity index (χ2n) is 8.75. The van der Waals surface area contributed by atoms with Crippen molar-refractivity contribution in [1.29, 1.82) is 0 Å². The summed E-state index contributed by atoms with van der Waals surface area (Å²) in [6, 6.07) is 0.584. The molecule has 21 heavy (non-hydrogen) atoms. The van der Waals surface area contributed by atoms with Crippen molar-refractivity contribution in [3.63, 3.8) is 0 Å². The minimum atomic E-state index is 0.176. The molecule has 0 saturated heterocycles. The number of aromatic nitrogens is 1. The van der Waals surface area contributed by atoms with Crippen LogP contribution in [0.5, 0.6) is 0 Å². The van der Waals surface area contributed by atoms with Gasteiger partial charge in [-0.3, -0.25) is 0 Å². The van der Waals surface area contributed by atoms with E-state index in [1.54, 1.807) is 0 Å². The van der Waals surface area contributed by atoms with Gasteiger partial charge in [0.15, 0.2) is 0 Å². The highest BCUT2D eigenvalue weighted by atomic mass is 32.1. The molecule has 2 atom stereocenters. The molecule has 2 fully saturated rings. The van der Waals surface area contributed by atoms with Gasteiger partial charge in [-0.25, -0.2) is 4.98 Å². The summed E-state index contributed by atoms with van der Waals surface area (Å²) in [7, 11) is 0. The number of thiazole rings is 1. The van der Waals surface area contributed by atoms with Gasteiger partial charge >= 0.3 is 0 Å². The first-order valence-corrected chi connectivity index (χ1v) is 9.34. The normalized spacial score (nSPS) is 31.7. The van der Waals surface area contributed by atoms with Crippen LogP contribution in [-0.2, 0) is 11.8 Å². The number of nitrogens with one attached hydrogen (secondary N) is 1. The van der Waals surface area contributed by atoms with Crippen LogP contribution in [0.4, 0.5) is 0 Å². The molecule has 2 unspecified atom stereocenters. The third-order valence-electron chi connectivity index (χ3n) is 5.19. The molecule has 2 saturated carbocycles. The van der Waals surface area contributed by atoms with Crippen LogP contribution >= 0.6 is 11.3 Å². The Hall–Kier alpha value is -0.410. The van der Waals surface area contributed by atoms with E-state index in [1.807, 2.05) is 11.3 Å². The average Bonchev–Trinajstić information content (AvgIpc) is 2.81. The number of nitrogens with zero attached hydrogens (tertiary/aromatic N) is 1. The molecule has 1 heterocycles. The van der Waals surface area contributed by atoms with Crippen molar-refractivity contribution in [2.45, 2.75) is 71.8 Å². The molecule has 0 aromatic carbocycles. The van der Waals surface area contributed by atoms with Crippen LogP contribution in [0.25, 0.3) is 0 Å². The summed E-state index contributed by atoms with van der Waals surface area (Å²) in [5.41, 5.74) is 1.92. The smallest absolute Gasteiger partial charge is 0.0934 e. The predicted molar refractivity (Wildman–Crippen MR) is 90.9 cm³/mol. The molecule has 2 aliphatic carbocycles. The van der Waals surface area contributed by atoms with Crippen molar-refractivity contribution in [1.82, 2.24) is 10.3 Å². The van der Waals surface area contributed by atoms with Gasteiger partial charge in [0.2, 0.25) is 0 Å². The monoisotopic (exact) mass is 306 g/mol. The molecule has 0 spiro atoms. The zero-order valence-electron chi connectivity index (χ0n) is 14.2. The molecule has 2 aliphatic rings. The molecule has 3 rings (SSSR count). The Labute approximate surface area is 133 Å². The Bertz CT molecular complexity index is 488. The summed E-state index contributed by atoms with van der Waals surface area (Å²) in [5.74, 6) is 2.06. The predicted octanol–water partition coefficient (Wildman–Crippen LogP) is 4.40. The minimum absolute atomic E-state index is 0.176. The van der Waals surface area contributed by atoms with E-state index in [0.29, 0.717) is 11.5 Å². The average molecular weight is 307 g/mol. The van der Waals surface area contributed by atoms with Crippen molar-refractivity contribution in [3.05, 3.63) is 16.1 Å². The molecule has 2 nitrogen and oxygen atoms in total. The van der Waals surface area contributed by atoms with Crippen LogP contribution in [0.1, 0.15) is 64.6 Å². The highest BCUT2D eigenvalue weighted by molar-refractivity contribution is 7.09. The van der Waals surface area contributed by atoms with Crippen LogP contribution in [-0.4, -0.2) is 17.6 Å². The zero-order chi connectivity index (χ0) is 15.3. The van der Waals surface area contributed by atoms with Gasteiger partial charge < -0.3 is 5.32 Å². The molecule has 0 aliphatic heterocycles. The van der Waals surface area contributed by atoms with E-state index in [1.165, 1.54) is 42.9 Å². The lowest BCUT2D eigenvalue weighted by Crippen LogP contribution is -2.38. The van der Waals surface area contributed by atoms with Gasteiger partial charge in [-0.05, 0) is 36.5 Å². The summed E-state index contributed by atoms with van der Waals surface area (Å²) in [6.45, 7) is 12.4. The Morgan fingerprint density at radius 3 is 2.52 bits per heavy atom. The van der Waals surface area contributed by atoms with Gasteiger partial charge in [0.25, 0.3) is 0 Å².